The number of carboxylic acids is 1. The zero-order valence-corrected chi connectivity index (χ0v) is 9.96. The molecule has 0 aromatic heterocycles. The van der Waals surface area contributed by atoms with E-state index in [9.17, 15) is 9.59 Å². The average molecular weight is 215 g/mol. The van der Waals surface area contributed by atoms with Crippen LogP contribution in [-0.4, -0.2) is 23.5 Å². The van der Waals surface area contributed by atoms with Crippen molar-refractivity contribution in [3.8, 4) is 0 Å². The highest BCUT2D eigenvalue weighted by Crippen LogP contribution is 2.29. The molecule has 2 N–H and O–H groups in total. The molecule has 0 saturated carbocycles. The van der Waals surface area contributed by atoms with Gasteiger partial charge in [-0.2, -0.15) is 0 Å². The molecule has 0 heterocycles. The molecule has 1 atom stereocenters. The lowest BCUT2D eigenvalue weighted by molar-refractivity contribution is -0.139. The van der Waals surface area contributed by atoms with Gasteiger partial charge in [0.05, 0.1) is 0 Å². The van der Waals surface area contributed by atoms with Crippen LogP contribution in [-0.2, 0) is 9.59 Å². The maximum atomic E-state index is 11.7. The van der Waals surface area contributed by atoms with Crippen molar-refractivity contribution in [1.82, 2.24) is 5.32 Å². The minimum Gasteiger partial charge on any atom is -0.480 e. The molecule has 0 bridgehead atoms. The van der Waals surface area contributed by atoms with Gasteiger partial charge in [0.1, 0.15) is 6.54 Å². The fraction of sp³-hybridized carbons (Fsp3) is 0.818. The Bertz CT molecular complexity index is 230. The summed E-state index contributed by atoms with van der Waals surface area (Å²) in [6, 6.07) is 0. The molecule has 1 unspecified atom stereocenters. The van der Waals surface area contributed by atoms with E-state index in [1.165, 1.54) is 0 Å². The summed E-state index contributed by atoms with van der Waals surface area (Å²) in [5, 5.41) is 10.9. The van der Waals surface area contributed by atoms with Crippen molar-refractivity contribution in [3.63, 3.8) is 0 Å². The van der Waals surface area contributed by atoms with E-state index in [-0.39, 0.29) is 23.8 Å². The normalized spacial score (nSPS) is 13.3. The number of carbonyl (C=O) groups is 2. The van der Waals surface area contributed by atoms with Gasteiger partial charge in [0.15, 0.2) is 0 Å². The molecule has 0 aliphatic carbocycles. The first kappa shape index (κ1) is 13.9. The second-order valence-corrected chi connectivity index (χ2v) is 4.82. The van der Waals surface area contributed by atoms with E-state index in [4.69, 9.17) is 5.11 Å². The fourth-order valence-electron chi connectivity index (χ4n) is 1.53. The molecule has 4 heteroatoms. The van der Waals surface area contributed by atoms with Crippen LogP contribution < -0.4 is 5.32 Å². The van der Waals surface area contributed by atoms with Gasteiger partial charge in [-0.05, 0) is 11.8 Å². The summed E-state index contributed by atoms with van der Waals surface area (Å²) >= 11 is 0. The van der Waals surface area contributed by atoms with E-state index < -0.39 is 5.97 Å². The highest BCUT2D eigenvalue weighted by molar-refractivity contribution is 5.83. The summed E-state index contributed by atoms with van der Waals surface area (Å²) < 4.78 is 0. The Labute approximate surface area is 91.1 Å². The number of nitrogens with one attached hydrogen (secondary N) is 1. The summed E-state index contributed by atoms with van der Waals surface area (Å²) in [4.78, 5) is 22.0. The van der Waals surface area contributed by atoms with E-state index in [0.29, 0.717) is 0 Å². The van der Waals surface area contributed by atoms with E-state index in [1.807, 2.05) is 27.7 Å². The highest BCUT2D eigenvalue weighted by atomic mass is 16.4. The standard InChI is InChI=1S/C11H21NO3/c1-5-6-8(11(2,3)4)10(15)12-7-9(13)14/h8H,5-7H2,1-4H3,(H,12,15)(H,13,14). The van der Waals surface area contributed by atoms with Crippen LogP contribution in [0.2, 0.25) is 0 Å². The molecule has 1 amide bonds. The smallest absolute Gasteiger partial charge is 0.322 e. The van der Waals surface area contributed by atoms with Crippen molar-refractivity contribution in [3.05, 3.63) is 0 Å². The lowest BCUT2D eigenvalue weighted by Gasteiger charge is -2.29. The lowest BCUT2D eigenvalue weighted by atomic mass is 9.77. The Morgan fingerprint density at radius 2 is 1.87 bits per heavy atom. The third kappa shape index (κ3) is 5.40. The van der Waals surface area contributed by atoms with Crippen LogP contribution in [0.25, 0.3) is 0 Å². The molecule has 0 rings (SSSR count). The SMILES string of the molecule is CCCC(C(=O)NCC(=O)O)C(C)(C)C. The van der Waals surface area contributed by atoms with Crippen LogP contribution in [0.3, 0.4) is 0 Å². The van der Waals surface area contributed by atoms with Gasteiger partial charge >= 0.3 is 5.97 Å². The van der Waals surface area contributed by atoms with Crippen molar-refractivity contribution in [2.24, 2.45) is 11.3 Å². The number of aliphatic carboxylic acids is 1. The van der Waals surface area contributed by atoms with E-state index >= 15 is 0 Å². The molecule has 0 saturated heterocycles. The largest absolute Gasteiger partial charge is 0.480 e. The summed E-state index contributed by atoms with van der Waals surface area (Å²) in [6.45, 7) is 7.70. The van der Waals surface area contributed by atoms with Gasteiger partial charge in [0.2, 0.25) is 5.91 Å². The van der Waals surface area contributed by atoms with Gasteiger partial charge in [-0.1, -0.05) is 34.1 Å². The third-order valence-electron chi connectivity index (χ3n) is 2.35. The number of carbonyl (C=O) groups excluding carboxylic acids is 1. The monoisotopic (exact) mass is 215 g/mol. The Hall–Kier alpha value is -1.06. The minimum atomic E-state index is -1.01. The number of rotatable bonds is 5. The Morgan fingerprint density at radius 1 is 1.33 bits per heavy atom. The van der Waals surface area contributed by atoms with Gasteiger partial charge in [-0.15, -0.1) is 0 Å². The Morgan fingerprint density at radius 3 is 2.20 bits per heavy atom. The first-order valence-electron chi connectivity index (χ1n) is 5.28. The number of hydrogen-bond donors (Lipinski definition) is 2. The first-order valence-corrected chi connectivity index (χ1v) is 5.28. The second kappa shape index (κ2) is 5.73. The van der Waals surface area contributed by atoms with Crippen molar-refractivity contribution in [2.45, 2.75) is 40.5 Å². The predicted octanol–water partition coefficient (Wildman–Crippen LogP) is 1.65. The molecule has 0 aliphatic heterocycles. The zero-order chi connectivity index (χ0) is 12.1. The maximum Gasteiger partial charge on any atom is 0.322 e. The third-order valence-corrected chi connectivity index (χ3v) is 2.35. The van der Waals surface area contributed by atoms with Gasteiger partial charge in [0.25, 0.3) is 0 Å². The molecule has 0 aliphatic rings. The summed E-state index contributed by atoms with van der Waals surface area (Å²) in [6.07, 6.45) is 1.71. The van der Waals surface area contributed by atoms with Crippen molar-refractivity contribution >= 4 is 11.9 Å². The van der Waals surface area contributed by atoms with Crippen molar-refractivity contribution in [2.75, 3.05) is 6.54 Å². The average Bonchev–Trinajstić information content (AvgIpc) is 2.08. The molecule has 0 aromatic carbocycles. The van der Waals surface area contributed by atoms with E-state index in [1.54, 1.807) is 0 Å². The summed E-state index contributed by atoms with van der Waals surface area (Å²) in [7, 11) is 0. The van der Waals surface area contributed by atoms with E-state index in [2.05, 4.69) is 5.32 Å². The first-order chi connectivity index (χ1) is 6.79. The molecule has 0 aromatic rings. The second-order valence-electron chi connectivity index (χ2n) is 4.82. The van der Waals surface area contributed by atoms with Crippen LogP contribution >= 0.6 is 0 Å². The molecule has 0 radical (unpaired) electrons. The van der Waals surface area contributed by atoms with Crippen LogP contribution in [0.15, 0.2) is 0 Å². The van der Waals surface area contributed by atoms with E-state index in [0.717, 1.165) is 12.8 Å². The van der Waals surface area contributed by atoms with Gasteiger partial charge in [-0.3, -0.25) is 9.59 Å². The number of amides is 1. The number of carboxylic acid groups (broad SMARTS) is 1. The van der Waals surface area contributed by atoms with Crippen molar-refractivity contribution < 1.29 is 14.7 Å². The van der Waals surface area contributed by atoms with Gasteiger partial charge < -0.3 is 10.4 Å². The van der Waals surface area contributed by atoms with Crippen LogP contribution in [0.5, 0.6) is 0 Å². The molecule has 0 spiro atoms. The van der Waals surface area contributed by atoms with Gasteiger partial charge in [0, 0.05) is 5.92 Å². The van der Waals surface area contributed by atoms with Crippen LogP contribution in [0, 0.1) is 11.3 Å². The molecule has 88 valence electrons. The van der Waals surface area contributed by atoms with Crippen LogP contribution in [0.1, 0.15) is 40.5 Å². The Balaban J connectivity index is 4.36. The predicted molar refractivity (Wildman–Crippen MR) is 58.5 cm³/mol. The van der Waals surface area contributed by atoms with Crippen LogP contribution in [0.4, 0.5) is 0 Å². The minimum absolute atomic E-state index is 0.123. The summed E-state index contributed by atoms with van der Waals surface area (Å²) in [5.74, 6) is -1.29. The summed E-state index contributed by atoms with van der Waals surface area (Å²) in [5.41, 5.74) is -0.126. The molecule has 4 nitrogen and oxygen atoms in total. The van der Waals surface area contributed by atoms with Crippen molar-refractivity contribution in [1.29, 1.82) is 0 Å². The molecule has 0 fully saturated rings. The molecular formula is C11H21NO3. The molecule has 15 heavy (non-hydrogen) atoms. The Kier molecular flexibility index (Phi) is 5.33. The fourth-order valence-corrected chi connectivity index (χ4v) is 1.53. The highest BCUT2D eigenvalue weighted by Gasteiger charge is 2.30. The lowest BCUT2D eigenvalue weighted by Crippen LogP contribution is -2.40. The maximum absolute atomic E-state index is 11.7. The quantitative estimate of drug-likeness (QED) is 0.732. The topological polar surface area (TPSA) is 66.4 Å². The van der Waals surface area contributed by atoms with Gasteiger partial charge in [-0.25, -0.2) is 0 Å². The molecular weight excluding hydrogens is 194 g/mol. The zero-order valence-electron chi connectivity index (χ0n) is 9.96. The number of hydrogen-bond acceptors (Lipinski definition) is 2.